The first kappa shape index (κ1) is 16.5. The number of ether oxygens (including phenoxy) is 1. The summed E-state index contributed by atoms with van der Waals surface area (Å²) in [4.78, 5) is 2.10. The van der Waals surface area contributed by atoms with Crippen molar-refractivity contribution in [2.24, 2.45) is 0 Å². The van der Waals surface area contributed by atoms with Crippen molar-refractivity contribution in [3.63, 3.8) is 0 Å². The van der Waals surface area contributed by atoms with E-state index < -0.39 is 6.10 Å². The largest absolute Gasteiger partial charge is 0.491 e. The van der Waals surface area contributed by atoms with Gasteiger partial charge in [-0.1, -0.05) is 42.5 Å². The zero-order chi connectivity index (χ0) is 15.9. The van der Waals surface area contributed by atoms with E-state index in [0.717, 1.165) is 11.3 Å². The summed E-state index contributed by atoms with van der Waals surface area (Å²) in [5, 5.41) is 10.00. The fourth-order valence-corrected chi connectivity index (χ4v) is 2.16. The van der Waals surface area contributed by atoms with Crippen molar-refractivity contribution in [2.45, 2.75) is 26.0 Å². The van der Waals surface area contributed by atoms with Crippen LogP contribution in [-0.4, -0.2) is 42.4 Å². The van der Waals surface area contributed by atoms with Crippen LogP contribution in [0.5, 0.6) is 5.75 Å². The molecular weight excluding hydrogens is 274 g/mol. The second-order valence-electron chi connectivity index (χ2n) is 5.89. The molecule has 0 amide bonds. The molecule has 0 aliphatic rings. The Morgan fingerprint density at radius 3 is 2.14 bits per heavy atom. The second-order valence-corrected chi connectivity index (χ2v) is 5.89. The molecule has 2 aromatic rings. The fourth-order valence-electron chi connectivity index (χ4n) is 2.16. The van der Waals surface area contributed by atoms with E-state index in [1.54, 1.807) is 0 Å². The van der Waals surface area contributed by atoms with Gasteiger partial charge in [-0.05, 0) is 44.2 Å². The van der Waals surface area contributed by atoms with Crippen LogP contribution in [0.3, 0.4) is 0 Å². The highest BCUT2D eigenvalue weighted by atomic mass is 16.5. The normalized spacial score (nSPS) is 12.6. The third-order valence-corrected chi connectivity index (χ3v) is 3.78. The Morgan fingerprint density at radius 2 is 1.55 bits per heavy atom. The lowest BCUT2D eigenvalue weighted by Crippen LogP contribution is -2.36. The van der Waals surface area contributed by atoms with Crippen LogP contribution >= 0.6 is 0 Å². The van der Waals surface area contributed by atoms with Crippen LogP contribution in [0.15, 0.2) is 54.6 Å². The molecule has 0 aromatic heterocycles. The Hall–Kier alpha value is -1.84. The van der Waals surface area contributed by atoms with Crippen molar-refractivity contribution in [2.75, 3.05) is 20.2 Å². The van der Waals surface area contributed by atoms with Gasteiger partial charge in [0.25, 0.3) is 0 Å². The summed E-state index contributed by atoms with van der Waals surface area (Å²) in [6.07, 6.45) is -0.485. The van der Waals surface area contributed by atoms with Crippen LogP contribution in [0, 0.1) is 0 Å². The van der Waals surface area contributed by atoms with Gasteiger partial charge in [0.2, 0.25) is 0 Å². The zero-order valence-corrected chi connectivity index (χ0v) is 13.6. The van der Waals surface area contributed by atoms with Gasteiger partial charge in [0, 0.05) is 12.6 Å². The van der Waals surface area contributed by atoms with E-state index in [9.17, 15) is 5.11 Å². The molecule has 2 aromatic carbocycles. The number of benzene rings is 2. The lowest BCUT2D eigenvalue weighted by molar-refractivity contribution is 0.0678. The molecule has 0 heterocycles. The summed E-state index contributed by atoms with van der Waals surface area (Å²) in [6, 6.07) is 18.6. The third-order valence-electron chi connectivity index (χ3n) is 3.78. The standard InChI is InChI=1S/C19H25NO2/c1-15(2)20(3)13-18(21)14-22-19-11-9-17(10-12-19)16-7-5-4-6-8-16/h4-12,15,18,21H,13-14H2,1-3H3. The average molecular weight is 299 g/mol. The fraction of sp³-hybridized carbons (Fsp3) is 0.368. The highest BCUT2D eigenvalue weighted by Crippen LogP contribution is 2.22. The lowest BCUT2D eigenvalue weighted by Gasteiger charge is -2.24. The van der Waals surface area contributed by atoms with Crippen molar-refractivity contribution in [3.8, 4) is 16.9 Å². The molecule has 1 unspecified atom stereocenters. The first-order valence-electron chi connectivity index (χ1n) is 7.73. The maximum absolute atomic E-state index is 10.00. The van der Waals surface area contributed by atoms with Crippen molar-refractivity contribution >= 4 is 0 Å². The van der Waals surface area contributed by atoms with Gasteiger partial charge in [0.15, 0.2) is 0 Å². The minimum Gasteiger partial charge on any atom is -0.491 e. The summed E-state index contributed by atoms with van der Waals surface area (Å²) in [7, 11) is 2.00. The van der Waals surface area contributed by atoms with Crippen LogP contribution < -0.4 is 4.74 Å². The molecule has 0 bridgehead atoms. The maximum atomic E-state index is 10.00. The minimum atomic E-state index is -0.485. The highest BCUT2D eigenvalue weighted by molar-refractivity contribution is 5.63. The molecule has 3 heteroatoms. The van der Waals surface area contributed by atoms with Gasteiger partial charge in [-0.3, -0.25) is 0 Å². The lowest BCUT2D eigenvalue weighted by atomic mass is 10.1. The monoisotopic (exact) mass is 299 g/mol. The minimum absolute atomic E-state index is 0.307. The Labute approximate surface area is 133 Å². The Kier molecular flexibility index (Phi) is 5.99. The van der Waals surface area contributed by atoms with E-state index in [1.165, 1.54) is 5.56 Å². The highest BCUT2D eigenvalue weighted by Gasteiger charge is 2.11. The zero-order valence-electron chi connectivity index (χ0n) is 13.6. The van der Waals surface area contributed by atoms with Gasteiger partial charge in [-0.2, -0.15) is 0 Å². The summed E-state index contributed by atoms with van der Waals surface area (Å²) >= 11 is 0. The van der Waals surface area contributed by atoms with Gasteiger partial charge in [-0.25, -0.2) is 0 Å². The summed E-state index contributed by atoms with van der Waals surface area (Å²) in [5.41, 5.74) is 2.35. The van der Waals surface area contributed by atoms with Gasteiger partial charge in [0.1, 0.15) is 18.5 Å². The molecule has 0 fully saturated rings. The number of aliphatic hydroxyl groups is 1. The van der Waals surface area contributed by atoms with E-state index in [2.05, 4.69) is 30.9 Å². The molecule has 1 N–H and O–H groups in total. The third kappa shape index (κ3) is 4.86. The number of hydrogen-bond donors (Lipinski definition) is 1. The van der Waals surface area contributed by atoms with E-state index >= 15 is 0 Å². The van der Waals surface area contributed by atoms with Gasteiger partial charge < -0.3 is 14.7 Å². The van der Waals surface area contributed by atoms with Crippen LogP contribution in [-0.2, 0) is 0 Å². The predicted molar refractivity (Wildman–Crippen MR) is 91.1 cm³/mol. The van der Waals surface area contributed by atoms with Crippen molar-refractivity contribution < 1.29 is 9.84 Å². The number of likely N-dealkylation sites (N-methyl/N-ethyl adjacent to an activating group) is 1. The van der Waals surface area contributed by atoms with Crippen molar-refractivity contribution in [1.82, 2.24) is 4.90 Å². The molecule has 118 valence electrons. The van der Waals surface area contributed by atoms with Crippen molar-refractivity contribution in [3.05, 3.63) is 54.6 Å². The summed E-state index contributed by atoms with van der Waals surface area (Å²) in [5.74, 6) is 0.783. The van der Waals surface area contributed by atoms with E-state index in [1.807, 2.05) is 49.5 Å². The van der Waals surface area contributed by atoms with Crippen LogP contribution in [0.2, 0.25) is 0 Å². The Bertz CT molecular complexity index is 551. The molecule has 0 spiro atoms. The van der Waals surface area contributed by atoms with E-state index in [4.69, 9.17) is 4.74 Å². The summed E-state index contributed by atoms with van der Waals surface area (Å²) < 4.78 is 5.66. The van der Waals surface area contributed by atoms with Crippen LogP contribution in [0.25, 0.3) is 11.1 Å². The molecule has 0 aliphatic heterocycles. The van der Waals surface area contributed by atoms with E-state index in [-0.39, 0.29) is 0 Å². The van der Waals surface area contributed by atoms with Gasteiger partial charge >= 0.3 is 0 Å². The topological polar surface area (TPSA) is 32.7 Å². The second kappa shape index (κ2) is 7.97. The number of rotatable bonds is 7. The number of nitrogens with zero attached hydrogens (tertiary/aromatic N) is 1. The maximum Gasteiger partial charge on any atom is 0.119 e. The quantitative estimate of drug-likeness (QED) is 0.850. The Morgan fingerprint density at radius 1 is 0.955 bits per heavy atom. The molecule has 0 saturated heterocycles. The summed E-state index contributed by atoms with van der Waals surface area (Å²) in [6.45, 7) is 5.13. The van der Waals surface area contributed by atoms with Crippen LogP contribution in [0.1, 0.15) is 13.8 Å². The molecule has 22 heavy (non-hydrogen) atoms. The first-order valence-corrected chi connectivity index (χ1v) is 7.73. The first-order chi connectivity index (χ1) is 10.6. The smallest absolute Gasteiger partial charge is 0.119 e. The number of aliphatic hydroxyl groups excluding tert-OH is 1. The molecule has 1 atom stereocenters. The Balaban J connectivity index is 1.87. The molecule has 0 aliphatic carbocycles. The van der Waals surface area contributed by atoms with Gasteiger partial charge in [0.05, 0.1) is 0 Å². The van der Waals surface area contributed by atoms with Gasteiger partial charge in [-0.15, -0.1) is 0 Å². The van der Waals surface area contributed by atoms with E-state index in [0.29, 0.717) is 19.2 Å². The predicted octanol–water partition coefficient (Wildman–Crippen LogP) is 3.43. The molecule has 0 saturated carbocycles. The molecule has 2 rings (SSSR count). The molecule has 0 radical (unpaired) electrons. The molecular formula is C19H25NO2. The SMILES string of the molecule is CC(C)N(C)CC(O)COc1ccc(-c2ccccc2)cc1. The molecule has 3 nitrogen and oxygen atoms in total. The number of hydrogen-bond acceptors (Lipinski definition) is 3. The van der Waals surface area contributed by atoms with Crippen molar-refractivity contribution in [1.29, 1.82) is 0 Å². The average Bonchev–Trinajstić information content (AvgIpc) is 2.54. The van der Waals surface area contributed by atoms with Crippen LogP contribution in [0.4, 0.5) is 0 Å².